The minimum atomic E-state index is -0.115. The molecule has 0 spiro atoms. The summed E-state index contributed by atoms with van der Waals surface area (Å²) in [6, 6.07) is 15.2. The Morgan fingerprint density at radius 1 is 1.14 bits per heavy atom. The Kier molecular flexibility index (Phi) is 5.28. The van der Waals surface area contributed by atoms with Crippen LogP contribution in [0.2, 0.25) is 0 Å². The van der Waals surface area contributed by atoms with Crippen LogP contribution in [0.5, 0.6) is 0 Å². The van der Waals surface area contributed by atoms with Crippen molar-refractivity contribution in [2.24, 2.45) is 4.99 Å². The van der Waals surface area contributed by atoms with E-state index in [0.29, 0.717) is 6.54 Å². The molecule has 4 rings (SSSR count). The largest absolute Gasteiger partial charge is 0.356 e. The van der Waals surface area contributed by atoms with Crippen LogP contribution in [0.15, 0.2) is 53.5 Å². The van der Waals surface area contributed by atoms with Crippen molar-refractivity contribution in [3.05, 3.63) is 65.7 Å². The van der Waals surface area contributed by atoms with Gasteiger partial charge in [0.1, 0.15) is 11.6 Å². The van der Waals surface area contributed by atoms with Crippen molar-refractivity contribution in [1.82, 2.24) is 20.6 Å². The maximum Gasteiger partial charge on any atom is 0.191 e. The number of rotatable bonds is 7. The number of aromatic nitrogens is 2. The Labute approximate surface area is 164 Å². The molecule has 0 aliphatic heterocycles. The number of guanidine groups is 1. The lowest BCUT2D eigenvalue weighted by Gasteiger charge is -2.19. The van der Waals surface area contributed by atoms with Gasteiger partial charge in [-0.2, -0.15) is 0 Å². The van der Waals surface area contributed by atoms with E-state index >= 15 is 0 Å². The molecule has 28 heavy (non-hydrogen) atoms. The van der Waals surface area contributed by atoms with Gasteiger partial charge in [0.25, 0.3) is 0 Å². The van der Waals surface area contributed by atoms with E-state index in [9.17, 15) is 4.39 Å². The molecule has 3 aromatic rings. The summed E-state index contributed by atoms with van der Waals surface area (Å²) in [5.74, 6) is 1.64. The van der Waals surface area contributed by atoms with Gasteiger partial charge in [0.05, 0.1) is 11.0 Å². The summed E-state index contributed by atoms with van der Waals surface area (Å²) in [6.45, 7) is 1.49. The van der Waals surface area contributed by atoms with Crippen LogP contribution in [0.4, 0.5) is 4.39 Å². The van der Waals surface area contributed by atoms with E-state index in [0.717, 1.165) is 60.6 Å². The van der Waals surface area contributed by atoms with Crippen molar-refractivity contribution in [2.45, 2.75) is 31.1 Å². The minimum absolute atomic E-state index is 0.1000. The van der Waals surface area contributed by atoms with Crippen molar-refractivity contribution in [3.63, 3.8) is 0 Å². The lowest BCUT2D eigenvalue weighted by Crippen LogP contribution is -2.41. The van der Waals surface area contributed by atoms with Crippen molar-refractivity contribution < 1.29 is 4.39 Å². The molecule has 2 aromatic carbocycles. The first kappa shape index (κ1) is 18.5. The predicted molar refractivity (Wildman–Crippen MR) is 111 cm³/mol. The third kappa shape index (κ3) is 4.01. The number of aromatic amines is 1. The van der Waals surface area contributed by atoms with Crippen LogP contribution >= 0.6 is 0 Å². The average molecular weight is 379 g/mol. The first-order valence-corrected chi connectivity index (χ1v) is 9.83. The molecule has 1 aliphatic carbocycles. The minimum Gasteiger partial charge on any atom is -0.356 e. The molecular formula is C22H26FN5. The summed E-state index contributed by atoms with van der Waals surface area (Å²) in [6.07, 6.45) is 3.82. The van der Waals surface area contributed by atoms with Gasteiger partial charge in [-0.25, -0.2) is 9.37 Å². The average Bonchev–Trinajstić information content (AvgIpc) is 3.38. The number of benzene rings is 2. The number of hydrogen-bond acceptors (Lipinski definition) is 2. The van der Waals surface area contributed by atoms with Crippen LogP contribution < -0.4 is 10.6 Å². The Morgan fingerprint density at radius 2 is 1.93 bits per heavy atom. The third-order valence-corrected chi connectivity index (χ3v) is 5.44. The van der Waals surface area contributed by atoms with Crippen molar-refractivity contribution in [3.8, 4) is 0 Å². The third-order valence-electron chi connectivity index (χ3n) is 5.44. The maximum absolute atomic E-state index is 14.1. The molecular weight excluding hydrogens is 353 g/mol. The fourth-order valence-electron chi connectivity index (χ4n) is 3.64. The van der Waals surface area contributed by atoms with E-state index in [1.54, 1.807) is 19.2 Å². The van der Waals surface area contributed by atoms with Gasteiger partial charge in [-0.1, -0.05) is 30.3 Å². The quantitative estimate of drug-likeness (QED) is 0.334. The molecule has 1 heterocycles. The Bertz CT molecular complexity index is 941. The zero-order valence-corrected chi connectivity index (χ0v) is 16.1. The van der Waals surface area contributed by atoms with E-state index in [2.05, 4.69) is 25.6 Å². The monoisotopic (exact) mass is 379 g/mol. The zero-order valence-electron chi connectivity index (χ0n) is 16.1. The van der Waals surface area contributed by atoms with Crippen molar-refractivity contribution >= 4 is 17.0 Å². The highest BCUT2D eigenvalue weighted by Gasteiger charge is 2.45. The number of H-pyrrole nitrogens is 1. The number of imidazole rings is 1. The second kappa shape index (κ2) is 8.00. The number of fused-ring (bicyclic) bond motifs is 1. The predicted octanol–water partition coefficient (Wildman–Crippen LogP) is 3.53. The lowest BCUT2D eigenvalue weighted by molar-refractivity contribution is 0.559. The fourth-order valence-corrected chi connectivity index (χ4v) is 3.64. The first-order valence-electron chi connectivity index (χ1n) is 9.83. The molecule has 1 saturated carbocycles. The van der Waals surface area contributed by atoms with Crippen LogP contribution in [0, 0.1) is 5.82 Å². The van der Waals surface area contributed by atoms with Gasteiger partial charge in [-0.05, 0) is 43.0 Å². The highest BCUT2D eigenvalue weighted by atomic mass is 19.1. The zero-order chi connectivity index (χ0) is 19.4. The molecule has 0 atom stereocenters. The van der Waals surface area contributed by atoms with Gasteiger partial charge in [-0.3, -0.25) is 4.99 Å². The number of aliphatic imine (C=N–C) groups is 1. The summed E-state index contributed by atoms with van der Waals surface area (Å²) >= 11 is 0. The SMILES string of the molecule is CN=C(NCCCc1nc2ccccc2[nH]1)NCC1(c2ccccc2F)CC1. The standard InChI is InChI=1S/C22H26FN5/c1-24-21(26-15-22(12-13-22)16-7-2-3-8-17(16)23)25-14-6-11-20-27-18-9-4-5-10-19(18)28-20/h2-5,7-10H,6,11-15H2,1H3,(H,27,28)(H2,24,25,26). The number of halogens is 1. The number of nitrogens with one attached hydrogen (secondary N) is 3. The molecule has 3 N–H and O–H groups in total. The topological polar surface area (TPSA) is 65.1 Å². The Morgan fingerprint density at radius 3 is 2.68 bits per heavy atom. The van der Waals surface area contributed by atoms with Gasteiger partial charge in [0, 0.05) is 32.0 Å². The molecule has 146 valence electrons. The second-order valence-electron chi connectivity index (χ2n) is 7.42. The molecule has 1 aromatic heterocycles. The highest BCUT2D eigenvalue weighted by molar-refractivity contribution is 5.79. The molecule has 0 bridgehead atoms. The summed E-state index contributed by atoms with van der Waals surface area (Å²) < 4.78 is 14.1. The molecule has 0 unspecified atom stereocenters. The lowest BCUT2D eigenvalue weighted by atomic mass is 9.95. The number of para-hydroxylation sites is 2. The molecule has 1 aliphatic rings. The van der Waals surface area contributed by atoms with Crippen LogP contribution in [0.25, 0.3) is 11.0 Å². The molecule has 0 saturated heterocycles. The van der Waals surface area contributed by atoms with Crippen LogP contribution in [0.1, 0.15) is 30.7 Å². The molecule has 1 fully saturated rings. The first-order chi connectivity index (χ1) is 13.7. The molecule has 5 nitrogen and oxygen atoms in total. The maximum atomic E-state index is 14.1. The number of aryl methyl sites for hydroxylation is 1. The van der Waals surface area contributed by atoms with E-state index < -0.39 is 0 Å². The number of nitrogens with zero attached hydrogens (tertiary/aromatic N) is 2. The summed E-state index contributed by atoms with van der Waals surface area (Å²) in [7, 11) is 1.76. The summed E-state index contributed by atoms with van der Waals surface area (Å²) in [5, 5.41) is 6.71. The van der Waals surface area contributed by atoms with Gasteiger partial charge >= 0.3 is 0 Å². The smallest absolute Gasteiger partial charge is 0.191 e. The molecule has 6 heteroatoms. The van der Waals surface area contributed by atoms with Crippen LogP contribution in [-0.4, -0.2) is 36.1 Å². The number of hydrogen-bond donors (Lipinski definition) is 3. The second-order valence-corrected chi connectivity index (χ2v) is 7.42. The van der Waals surface area contributed by atoms with E-state index in [1.165, 1.54) is 0 Å². The highest BCUT2D eigenvalue weighted by Crippen LogP contribution is 2.48. The van der Waals surface area contributed by atoms with Crippen molar-refractivity contribution in [1.29, 1.82) is 0 Å². The summed E-state index contributed by atoms with van der Waals surface area (Å²) in [5.41, 5.74) is 2.79. The fraction of sp³-hybridized carbons (Fsp3) is 0.364. The van der Waals surface area contributed by atoms with E-state index in [-0.39, 0.29) is 11.2 Å². The van der Waals surface area contributed by atoms with Gasteiger partial charge in [0.2, 0.25) is 0 Å². The Hall–Kier alpha value is -2.89. The molecule has 0 radical (unpaired) electrons. The van der Waals surface area contributed by atoms with Gasteiger partial charge < -0.3 is 15.6 Å². The van der Waals surface area contributed by atoms with Gasteiger partial charge in [0.15, 0.2) is 5.96 Å². The van der Waals surface area contributed by atoms with E-state index in [1.807, 2.05) is 36.4 Å². The summed E-state index contributed by atoms with van der Waals surface area (Å²) in [4.78, 5) is 12.2. The molecule has 0 amide bonds. The van der Waals surface area contributed by atoms with E-state index in [4.69, 9.17) is 0 Å². The van der Waals surface area contributed by atoms with Gasteiger partial charge in [-0.15, -0.1) is 0 Å². The van der Waals surface area contributed by atoms with Crippen molar-refractivity contribution in [2.75, 3.05) is 20.1 Å². The normalized spacial score (nSPS) is 15.6. The Balaban J connectivity index is 1.25. The van der Waals surface area contributed by atoms with Crippen LogP contribution in [0.3, 0.4) is 0 Å². The van der Waals surface area contributed by atoms with Crippen LogP contribution in [-0.2, 0) is 11.8 Å².